The van der Waals surface area contributed by atoms with Crippen LogP contribution in [0.25, 0.3) is 0 Å². The lowest BCUT2D eigenvalue weighted by molar-refractivity contribution is -0.137. The third kappa shape index (κ3) is 3.84. The van der Waals surface area contributed by atoms with Gasteiger partial charge in [-0.3, -0.25) is 4.79 Å². The number of para-hydroxylation sites is 1. The number of nitrogens with zero attached hydrogens (tertiary/aromatic N) is 6. The van der Waals surface area contributed by atoms with Crippen LogP contribution in [0.3, 0.4) is 0 Å². The summed E-state index contributed by atoms with van der Waals surface area (Å²) >= 11 is 0. The van der Waals surface area contributed by atoms with Crippen LogP contribution in [-0.2, 0) is 9.53 Å². The highest BCUT2D eigenvalue weighted by atomic mass is 16.5. The van der Waals surface area contributed by atoms with Crippen molar-refractivity contribution >= 4 is 18.1 Å². The van der Waals surface area contributed by atoms with Gasteiger partial charge in [0.15, 0.2) is 6.61 Å². The van der Waals surface area contributed by atoms with Crippen LogP contribution in [0.15, 0.2) is 29.4 Å². The van der Waals surface area contributed by atoms with E-state index in [1.165, 1.54) is 6.21 Å². The molecule has 126 valence electrons. The zero-order valence-corrected chi connectivity index (χ0v) is 12.9. The lowest BCUT2D eigenvalue weighted by Crippen LogP contribution is -2.43. The van der Waals surface area contributed by atoms with E-state index in [-0.39, 0.29) is 18.5 Å². The van der Waals surface area contributed by atoms with Gasteiger partial charge in [-0.15, -0.1) is 0 Å². The predicted octanol–water partition coefficient (Wildman–Crippen LogP) is -0.625. The van der Waals surface area contributed by atoms with Gasteiger partial charge in [-0.1, -0.05) is 22.0 Å². The molecule has 2 N–H and O–H groups in total. The van der Waals surface area contributed by atoms with Crippen molar-refractivity contribution < 1.29 is 14.3 Å². The zero-order valence-electron chi connectivity index (χ0n) is 12.9. The van der Waals surface area contributed by atoms with Crippen molar-refractivity contribution in [3.63, 3.8) is 0 Å². The van der Waals surface area contributed by atoms with E-state index in [1.54, 1.807) is 17.0 Å². The summed E-state index contributed by atoms with van der Waals surface area (Å²) in [5.74, 6) is 0.538. The van der Waals surface area contributed by atoms with Crippen molar-refractivity contribution in [3.05, 3.63) is 29.8 Å². The highest BCUT2D eigenvalue weighted by Gasteiger charge is 2.17. The van der Waals surface area contributed by atoms with Crippen molar-refractivity contribution in [1.82, 2.24) is 25.2 Å². The topological polar surface area (TPSA) is 121 Å². The van der Waals surface area contributed by atoms with Crippen LogP contribution in [0.2, 0.25) is 0 Å². The molecule has 10 nitrogen and oxygen atoms in total. The minimum absolute atomic E-state index is 0.0438. The van der Waals surface area contributed by atoms with Crippen LogP contribution in [0, 0.1) is 0 Å². The second-order valence-corrected chi connectivity index (χ2v) is 4.99. The average Bonchev–Trinajstić information content (AvgIpc) is 3.04. The maximum atomic E-state index is 12.1. The van der Waals surface area contributed by atoms with Gasteiger partial charge < -0.3 is 20.1 Å². The van der Waals surface area contributed by atoms with Crippen molar-refractivity contribution in [3.8, 4) is 5.75 Å². The quantitative estimate of drug-likeness (QED) is 0.724. The zero-order chi connectivity index (χ0) is 16.8. The Morgan fingerprint density at radius 2 is 2.17 bits per heavy atom. The van der Waals surface area contributed by atoms with Crippen LogP contribution in [0.1, 0.15) is 5.56 Å². The number of nitrogen functional groups attached to an aromatic ring is 1. The van der Waals surface area contributed by atoms with Crippen molar-refractivity contribution in [2.75, 3.05) is 38.6 Å². The molecular weight excluding hydrogens is 314 g/mol. The maximum absolute atomic E-state index is 12.1. The lowest BCUT2D eigenvalue weighted by Gasteiger charge is -2.26. The standard InChI is InChI=1S/C14H17N7O3/c15-14-17-18-19-21(14)16-9-11-3-1-2-4-12(11)24-10-13(22)20-5-7-23-8-6-20/h1-4,9H,5-8,10H2,(H2,15,17,19)/b16-9-. The molecule has 10 heteroatoms. The molecule has 2 aromatic rings. The van der Waals surface area contributed by atoms with Gasteiger partial charge >= 0.3 is 0 Å². The van der Waals surface area contributed by atoms with E-state index in [0.29, 0.717) is 37.6 Å². The van der Waals surface area contributed by atoms with E-state index in [9.17, 15) is 4.79 Å². The maximum Gasteiger partial charge on any atom is 0.263 e. The van der Waals surface area contributed by atoms with Crippen molar-refractivity contribution in [1.29, 1.82) is 0 Å². The number of anilines is 1. The molecule has 0 atom stereocenters. The van der Waals surface area contributed by atoms with E-state index in [0.717, 1.165) is 4.79 Å². The molecule has 0 aliphatic carbocycles. The number of carbonyl (C=O) groups is 1. The summed E-state index contributed by atoms with van der Waals surface area (Å²) in [5, 5.41) is 14.6. The molecular formula is C14H17N7O3. The smallest absolute Gasteiger partial charge is 0.263 e. The minimum Gasteiger partial charge on any atom is -0.483 e. The fourth-order valence-electron chi connectivity index (χ4n) is 2.15. The van der Waals surface area contributed by atoms with Crippen molar-refractivity contribution in [2.24, 2.45) is 5.10 Å². The number of hydrogen-bond donors (Lipinski definition) is 1. The number of aromatic nitrogens is 4. The molecule has 1 aromatic heterocycles. The minimum atomic E-state index is -0.0743. The van der Waals surface area contributed by atoms with Gasteiger partial charge in [-0.05, 0) is 22.6 Å². The second kappa shape index (κ2) is 7.51. The molecule has 0 radical (unpaired) electrons. The second-order valence-electron chi connectivity index (χ2n) is 4.99. The number of benzene rings is 1. The van der Waals surface area contributed by atoms with Gasteiger partial charge in [0.2, 0.25) is 0 Å². The summed E-state index contributed by atoms with van der Waals surface area (Å²) in [6.07, 6.45) is 1.52. The molecule has 24 heavy (non-hydrogen) atoms. The summed E-state index contributed by atoms with van der Waals surface area (Å²) < 4.78 is 10.9. The molecule has 1 aromatic carbocycles. The van der Waals surface area contributed by atoms with E-state index >= 15 is 0 Å². The first kappa shape index (κ1) is 15.9. The largest absolute Gasteiger partial charge is 0.483 e. The third-order valence-corrected chi connectivity index (χ3v) is 3.42. The number of rotatable bonds is 5. The van der Waals surface area contributed by atoms with E-state index in [4.69, 9.17) is 15.2 Å². The summed E-state index contributed by atoms with van der Waals surface area (Å²) in [6, 6.07) is 7.22. The third-order valence-electron chi connectivity index (χ3n) is 3.42. The Kier molecular flexibility index (Phi) is 4.96. The SMILES string of the molecule is Nc1nnnn1/N=C\c1ccccc1OCC(=O)N1CCOCC1. The molecule has 1 aliphatic rings. The average molecular weight is 331 g/mol. The van der Waals surface area contributed by atoms with Crippen LogP contribution in [-0.4, -0.2) is 70.2 Å². The molecule has 1 saturated heterocycles. The molecule has 2 heterocycles. The molecule has 1 aliphatic heterocycles. The predicted molar refractivity (Wildman–Crippen MR) is 84.6 cm³/mol. The highest BCUT2D eigenvalue weighted by Crippen LogP contribution is 2.16. The number of ether oxygens (including phenoxy) is 2. The van der Waals surface area contributed by atoms with Gasteiger partial charge in [-0.2, -0.15) is 5.10 Å². The molecule has 0 unspecified atom stereocenters. The van der Waals surface area contributed by atoms with Gasteiger partial charge in [0, 0.05) is 18.7 Å². The number of tetrazole rings is 1. The fraction of sp³-hybridized carbons (Fsp3) is 0.357. The first-order valence-electron chi connectivity index (χ1n) is 7.39. The Labute approximate surface area is 137 Å². The monoisotopic (exact) mass is 331 g/mol. The number of hydrogen-bond acceptors (Lipinski definition) is 8. The Balaban J connectivity index is 1.64. The van der Waals surface area contributed by atoms with Gasteiger partial charge in [0.25, 0.3) is 11.9 Å². The van der Waals surface area contributed by atoms with Crippen LogP contribution < -0.4 is 10.5 Å². The highest BCUT2D eigenvalue weighted by molar-refractivity contribution is 5.84. The summed E-state index contributed by atoms with van der Waals surface area (Å²) in [4.78, 5) is 15.0. The molecule has 0 spiro atoms. The summed E-state index contributed by atoms with van der Waals surface area (Å²) in [5.41, 5.74) is 6.23. The van der Waals surface area contributed by atoms with Crippen LogP contribution >= 0.6 is 0 Å². The van der Waals surface area contributed by atoms with E-state index < -0.39 is 0 Å². The molecule has 0 saturated carbocycles. The fourth-order valence-corrected chi connectivity index (χ4v) is 2.15. The number of morpholine rings is 1. The van der Waals surface area contributed by atoms with E-state index in [2.05, 4.69) is 20.6 Å². The Morgan fingerprint density at radius 1 is 1.38 bits per heavy atom. The van der Waals surface area contributed by atoms with Gasteiger partial charge in [-0.25, -0.2) is 0 Å². The van der Waals surface area contributed by atoms with Crippen molar-refractivity contribution in [2.45, 2.75) is 0 Å². The first-order chi connectivity index (χ1) is 11.7. The van der Waals surface area contributed by atoms with Crippen LogP contribution in [0.4, 0.5) is 5.95 Å². The van der Waals surface area contributed by atoms with E-state index in [1.807, 2.05) is 12.1 Å². The number of nitrogens with two attached hydrogens (primary N) is 1. The Bertz CT molecular complexity index is 725. The molecule has 0 bridgehead atoms. The molecule has 1 amide bonds. The van der Waals surface area contributed by atoms with Gasteiger partial charge in [0.05, 0.1) is 19.4 Å². The summed E-state index contributed by atoms with van der Waals surface area (Å²) in [6.45, 7) is 2.25. The normalized spacial score (nSPS) is 14.9. The number of carbonyl (C=O) groups excluding carboxylic acids is 1. The number of amides is 1. The van der Waals surface area contributed by atoms with Gasteiger partial charge in [0.1, 0.15) is 5.75 Å². The Hall–Kier alpha value is -3.01. The Morgan fingerprint density at radius 3 is 2.92 bits per heavy atom. The molecule has 3 rings (SSSR count). The molecule has 1 fully saturated rings. The van der Waals surface area contributed by atoms with Crippen LogP contribution in [0.5, 0.6) is 5.75 Å². The lowest BCUT2D eigenvalue weighted by atomic mass is 10.2. The summed E-state index contributed by atoms with van der Waals surface area (Å²) in [7, 11) is 0. The first-order valence-corrected chi connectivity index (χ1v) is 7.39.